The van der Waals surface area contributed by atoms with Crippen molar-refractivity contribution in [3.8, 4) is 0 Å². The van der Waals surface area contributed by atoms with Gasteiger partial charge in [0.15, 0.2) is 5.03 Å². The molecule has 0 amide bonds. The lowest BCUT2D eigenvalue weighted by Gasteiger charge is -2.11. The van der Waals surface area contributed by atoms with Gasteiger partial charge in [0.05, 0.1) is 11.6 Å². The average molecular weight is 297 g/mol. The number of pyridine rings is 1. The first kappa shape index (κ1) is 14.1. The third-order valence-corrected chi connectivity index (χ3v) is 3.89. The molecule has 0 fully saturated rings. The minimum atomic E-state index is -3.87. The zero-order valence-electron chi connectivity index (χ0n) is 10.3. The molecule has 2 aromatic heterocycles. The van der Waals surface area contributed by atoms with Crippen LogP contribution in [0.25, 0.3) is 0 Å². The molecular formula is C10H11N5O4S. The van der Waals surface area contributed by atoms with E-state index in [2.05, 4.69) is 24.9 Å². The number of rotatable bonds is 5. The molecule has 106 valence electrons. The molecule has 10 heteroatoms. The van der Waals surface area contributed by atoms with Gasteiger partial charge < -0.3 is 5.11 Å². The van der Waals surface area contributed by atoms with Crippen LogP contribution < -0.4 is 4.72 Å². The fourth-order valence-corrected chi connectivity index (χ4v) is 2.57. The van der Waals surface area contributed by atoms with E-state index in [1.54, 1.807) is 6.92 Å². The summed E-state index contributed by atoms with van der Waals surface area (Å²) < 4.78 is 26.4. The van der Waals surface area contributed by atoms with E-state index in [9.17, 15) is 13.2 Å². The number of carbonyl (C=O) groups is 1. The number of aromatic amines is 1. The van der Waals surface area contributed by atoms with E-state index in [-0.39, 0.29) is 10.6 Å². The number of hydrogen-bond donors (Lipinski definition) is 3. The van der Waals surface area contributed by atoms with E-state index in [0.717, 1.165) is 12.3 Å². The number of nitrogens with one attached hydrogen (secondary N) is 2. The lowest BCUT2D eigenvalue weighted by atomic mass is 10.3. The van der Waals surface area contributed by atoms with Crippen LogP contribution in [0.5, 0.6) is 0 Å². The summed E-state index contributed by atoms with van der Waals surface area (Å²) >= 11 is 0. The fraction of sp³-hybridized carbons (Fsp3) is 0.200. The average Bonchev–Trinajstić information content (AvgIpc) is 2.92. The lowest BCUT2D eigenvalue weighted by molar-refractivity contribution is 0.0696. The molecule has 0 saturated heterocycles. The lowest BCUT2D eigenvalue weighted by Crippen LogP contribution is -2.28. The number of nitrogens with zero attached hydrogens (tertiary/aromatic N) is 3. The summed E-state index contributed by atoms with van der Waals surface area (Å²) in [6, 6.07) is 1.67. The summed E-state index contributed by atoms with van der Waals surface area (Å²) in [5.41, 5.74) is -0.0905. The Balaban J connectivity index is 2.20. The smallest absolute Gasteiger partial charge is 0.337 e. The van der Waals surface area contributed by atoms with Crippen LogP contribution in [0.4, 0.5) is 0 Å². The molecule has 0 aromatic carbocycles. The van der Waals surface area contributed by atoms with Gasteiger partial charge in [-0.25, -0.2) is 23.2 Å². The highest BCUT2D eigenvalue weighted by atomic mass is 32.2. The fourth-order valence-electron chi connectivity index (χ4n) is 1.44. The molecule has 0 aliphatic carbocycles. The second-order valence-electron chi connectivity index (χ2n) is 3.90. The number of carboxylic acids is 1. The molecule has 2 aromatic rings. The van der Waals surface area contributed by atoms with Crippen molar-refractivity contribution in [2.45, 2.75) is 18.0 Å². The minimum absolute atomic E-state index is 0.0905. The van der Waals surface area contributed by atoms with Gasteiger partial charge in [0, 0.05) is 6.20 Å². The Bertz CT molecular complexity index is 696. The molecule has 2 rings (SSSR count). The van der Waals surface area contributed by atoms with Crippen molar-refractivity contribution in [3.05, 3.63) is 36.0 Å². The number of carboxylic acid groups (broad SMARTS) is 1. The molecule has 1 unspecified atom stereocenters. The van der Waals surface area contributed by atoms with Gasteiger partial charge in [-0.05, 0) is 19.1 Å². The van der Waals surface area contributed by atoms with Gasteiger partial charge in [0.2, 0.25) is 0 Å². The molecule has 2 heterocycles. The molecule has 9 nitrogen and oxygen atoms in total. The SMILES string of the molecule is CC(NS(=O)(=O)c1ccc(C(=O)O)cn1)c1ncn[nH]1. The number of aromatic nitrogens is 4. The third-order valence-electron chi connectivity index (χ3n) is 2.43. The van der Waals surface area contributed by atoms with Crippen molar-refractivity contribution >= 4 is 16.0 Å². The van der Waals surface area contributed by atoms with E-state index in [1.165, 1.54) is 12.4 Å². The first-order chi connectivity index (χ1) is 9.40. The van der Waals surface area contributed by atoms with Crippen LogP contribution in [0.3, 0.4) is 0 Å². The number of hydrogen-bond acceptors (Lipinski definition) is 6. The Hall–Kier alpha value is -2.33. The second kappa shape index (κ2) is 5.35. The highest BCUT2D eigenvalue weighted by molar-refractivity contribution is 7.89. The van der Waals surface area contributed by atoms with Crippen molar-refractivity contribution in [1.82, 2.24) is 24.9 Å². The Morgan fingerprint density at radius 3 is 2.65 bits per heavy atom. The van der Waals surface area contributed by atoms with Gasteiger partial charge in [-0.2, -0.15) is 9.82 Å². The van der Waals surface area contributed by atoms with Gasteiger partial charge in [-0.3, -0.25) is 5.10 Å². The Kier molecular flexibility index (Phi) is 3.77. The van der Waals surface area contributed by atoms with E-state index >= 15 is 0 Å². The van der Waals surface area contributed by atoms with E-state index in [1.807, 2.05) is 0 Å². The minimum Gasteiger partial charge on any atom is -0.478 e. The number of sulfonamides is 1. The Morgan fingerprint density at radius 1 is 1.40 bits per heavy atom. The molecule has 0 saturated carbocycles. The molecule has 0 radical (unpaired) electrons. The van der Waals surface area contributed by atoms with Crippen molar-refractivity contribution in [2.24, 2.45) is 0 Å². The van der Waals surface area contributed by atoms with E-state index in [0.29, 0.717) is 5.82 Å². The summed E-state index contributed by atoms with van der Waals surface area (Å²) in [7, 11) is -3.87. The summed E-state index contributed by atoms with van der Waals surface area (Å²) in [5.74, 6) is -0.819. The third kappa shape index (κ3) is 2.97. The molecule has 0 bridgehead atoms. The molecule has 20 heavy (non-hydrogen) atoms. The summed E-state index contributed by atoms with van der Waals surface area (Å²) in [5, 5.41) is 14.6. The maximum Gasteiger partial charge on any atom is 0.337 e. The van der Waals surface area contributed by atoms with Crippen LogP contribution in [0.1, 0.15) is 29.1 Å². The van der Waals surface area contributed by atoms with Crippen molar-refractivity contribution < 1.29 is 18.3 Å². The zero-order chi connectivity index (χ0) is 14.8. The van der Waals surface area contributed by atoms with Gasteiger partial charge in [0.1, 0.15) is 12.2 Å². The highest BCUT2D eigenvalue weighted by Crippen LogP contribution is 2.12. The number of H-pyrrole nitrogens is 1. The van der Waals surface area contributed by atoms with Crippen LogP contribution in [0.15, 0.2) is 29.7 Å². The van der Waals surface area contributed by atoms with Crippen LogP contribution >= 0.6 is 0 Å². The zero-order valence-corrected chi connectivity index (χ0v) is 11.1. The number of aromatic carboxylic acids is 1. The van der Waals surface area contributed by atoms with Crippen LogP contribution in [-0.4, -0.2) is 39.7 Å². The predicted molar refractivity (Wildman–Crippen MR) is 66.3 cm³/mol. The quantitative estimate of drug-likeness (QED) is 0.702. The Labute approximate surface area is 114 Å². The largest absolute Gasteiger partial charge is 0.478 e. The van der Waals surface area contributed by atoms with Crippen LogP contribution in [0.2, 0.25) is 0 Å². The summed E-state index contributed by atoms with van der Waals surface area (Å²) in [6.45, 7) is 1.59. The predicted octanol–water partition coefficient (Wildman–Crippen LogP) is -0.0626. The van der Waals surface area contributed by atoms with E-state index < -0.39 is 22.0 Å². The molecule has 0 spiro atoms. The van der Waals surface area contributed by atoms with Gasteiger partial charge in [-0.15, -0.1) is 0 Å². The maximum atomic E-state index is 12.0. The van der Waals surface area contributed by atoms with E-state index in [4.69, 9.17) is 5.11 Å². The first-order valence-electron chi connectivity index (χ1n) is 5.47. The standard InChI is InChI=1S/C10H11N5O4S/c1-6(9-12-5-13-14-9)15-20(18,19)8-3-2-7(4-11-8)10(16)17/h2-6,15H,1H3,(H,16,17)(H,12,13,14). The van der Waals surface area contributed by atoms with Gasteiger partial charge in [-0.1, -0.05) is 0 Å². The molecule has 0 aliphatic heterocycles. The van der Waals surface area contributed by atoms with Crippen molar-refractivity contribution in [3.63, 3.8) is 0 Å². The Morgan fingerprint density at radius 2 is 2.15 bits per heavy atom. The van der Waals surface area contributed by atoms with Crippen molar-refractivity contribution in [2.75, 3.05) is 0 Å². The summed E-state index contributed by atoms with van der Waals surface area (Å²) in [4.78, 5) is 18.1. The molecule has 3 N–H and O–H groups in total. The summed E-state index contributed by atoms with van der Waals surface area (Å²) in [6.07, 6.45) is 2.25. The maximum absolute atomic E-state index is 12.0. The molecular weight excluding hydrogens is 286 g/mol. The normalized spacial score (nSPS) is 13.1. The van der Waals surface area contributed by atoms with Crippen LogP contribution in [-0.2, 0) is 10.0 Å². The topological polar surface area (TPSA) is 138 Å². The molecule has 0 aliphatic rings. The monoisotopic (exact) mass is 297 g/mol. The van der Waals surface area contributed by atoms with Crippen molar-refractivity contribution in [1.29, 1.82) is 0 Å². The second-order valence-corrected chi connectivity index (χ2v) is 5.56. The highest BCUT2D eigenvalue weighted by Gasteiger charge is 2.21. The van der Waals surface area contributed by atoms with Crippen LogP contribution in [0, 0.1) is 0 Å². The van der Waals surface area contributed by atoms with Gasteiger partial charge in [0.25, 0.3) is 10.0 Å². The molecule has 1 atom stereocenters. The first-order valence-corrected chi connectivity index (χ1v) is 6.95. The van der Waals surface area contributed by atoms with Gasteiger partial charge >= 0.3 is 5.97 Å².